The largest absolute Gasteiger partial charge is 0.399 e. The summed E-state index contributed by atoms with van der Waals surface area (Å²) < 4.78 is 15.9. The molecule has 0 aliphatic carbocycles. The molecule has 3 nitrogen and oxygen atoms in total. The Morgan fingerprint density at radius 3 is 2.52 bits per heavy atom. The minimum atomic E-state index is -0.330. The van der Waals surface area contributed by atoms with E-state index in [1.165, 1.54) is 6.07 Å². The molecule has 2 aromatic carbocycles. The third-order valence-electron chi connectivity index (χ3n) is 4.53. The zero-order valence-electron chi connectivity index (χ0n) is 14.6. The molecule has 0 radical (unpaired) electrons. The zero-order chi connectivity index (χ0) is 18.1. The topological polar surface area (TPSA) is 48.0 Å². The Morgan fingerprint density at radius 2 is 1.84 bits per heavy atom. The number of anilines is 1. The van der Waals surface area contributed by atoms with Crippen molar-refractivity contribution in [2.75, 3.05) is 5.73 Å². The fraction of sp³-hybridized carbons (Fsp3) is 0.190. The number of hydrogen-bond donors (Lipinski definition) is 1. The van der Waals surface area contributed by atoms with Crippen LogP contribution in [-0.2, 0) is 13.5 Å². The van der Waals surface area contributed by atoms with Crippen molar-refractivity contribution in [2.45, 2.75) is 20.3 Å². The quantitative estimate of drug-likeness (QED) is 0.574. The fourth-order valence-corrected chi connectivity index (χ4v) is 3.07. The lowest BCUT2D eigenvalue weighted by Gasteiger charge is -2.10. The van der Waals surface area contributed by atoms with Crippen LogP contribution < -0.4 is 5.73 Å². The molecule has 0 saturated carbocycles. The van der Waals surface area contributed by atoms with Crippen LogP contribution in [0.3, 0.4) is 0 Å². The van der Waals surface area contributed by atoms with Crippen LogP contribution >= 0.6 is 0 Å². The van der Waals surface area contributed by atoms with Crippen LogP contribution in [0.4, 0.5) is 10.1 Å². The predicted octanol–water partition coefficient (Wildman–Crippen LogP) is 4.19. The van der Waals surface area contributed by atoms with Crippen LogP contribution in [0, 0.1) is 19.7 Å². The number of aromatic nitrogens is 1. The zero-order valence-corrected chi connectivity index (χ0v) is 14.6. The van der Waals surface area contributed by atoms with Crippen molar-refractivity contribution in [3.63, 3.8) is 0 Å². The number of nitrogens with two attached hydrogens (primary N) is 1. The van der Waals surface area contributed by atoms with E-state index in [9.17, 15) is 9.18 Å². The number of hydrogen-bond acceptors (Lipinski definition) is 2. The summed E-state index contributed by atoms with van der Waals surface area (Å²) >= 11 is 0. The molecule has 0 spiro atoms. The van der Waals surface area contributed by atoms with Crippen molar-refractivity contribution in [1.82, 2.24) is 4.57 Å². The third-order valence-corrected chi connectivity index (χ3v) is 4.53. The average Bonchev–Trinajstić information content (AvgIpc) is 2.90. The lowest BCUT2D eigenvalue weighted by Crippen LogP contribution is -2.11. The summed E-state index contributed by atoms with van der Waals surface area (Å²) in [5.74, 6) is -0.354. The number of aryl methyl sites for hydroxylation is 2. The summed E-state index contributed by atoms with van der Waals surface area (Å²) in [7, 11) is 1.83. The molecular weight excluding hydrogens is 315 g/mol. The second kappa shape index (κ2) is 6.55. The molecule has 4 heteroatoms. The first-order valence-corrected chi connectivity index (χ1v) is 8.17. The highest BCUT2D eigenvalue weighted by molar-refractivity contribution is 6.09. The van der Waals surface area contributed by atoms with Gasteiger partial charge in [-0.3, -0.25) is 4.79 Å². The van der Waals surface area contributed by atoms with Crippen molar-refractivity contribution < 1.29 is 9.18 Å². The molecule has 0 amide bonds. The summed E-state index contributed by atoms with van der Waals surface area (Å²) in [4.78, 5) is 12.9. The van der Waals surface area contributed by atoms with E-state index in [1.54, 1.807) is 18.2 Å². The van der Waals surface area contributed by atoms with Gasteiger partial charge >= 0.3 is 0 Å². The van der Waals surface area contributed by atoms with Gasteiger partial charge in [0, 0.05) is 30.4 Å². The maximum Gasteiger partial charge on any atom is 0.209 e. The summed E-state index contributed by atoms with van der Waals surface area (Å²) in [5, 5.41) is 0. The molecule has 0 aliphatic heterocycles. The van der Waals surface area contributed by atoms with Gasteiger partial charge in [-0.1, -0.05) is 29.8 Å². The lowest BCUT2D eigenvalue weighted by atomic mass is 10.0. The van der Waals surface area contributed by atoms with Crippen molar-refractivity contribution in [2.24, 2.45) is 7.05 Å². The normalized spacial score (nSPS) is 10.9. The molecular formula is C21H21FN2O. The fourth-order valence-electron chi connectivity index (χ4n) is 3.07. The van der Waals surface area contributed by atoms with Crippen LogP contribution in [0.2, 0.25) is 0 Å². The van der Waals surface area contributed by atoms with Gasteiger partial charge in [0.1, 0.15) is 5.82 Å². The molecule has 0 saturated heterocycles. The van der Waals surface area contributed by atoms with Crippen molar-refractivity contribution in [3.05, 3.63) is 88.0 Å². The van der Waals surface area contributed by atoms with Crippen LogP contribution in [0.5, 0.6) is 0 Å². The van der Waals surface area contributed by atoms with E-state index in [0.717, 1.165) is 16.8 Å². The number of nitrogens with zero attached hydrogens (tertiary/aromatic N) is 1. The van der Waals surface area contributed by atoms with Crippen molar-refractivity contribution >= 4 is 11.5 Å². The number of carbonyl (C=O) groups excluding carboxylic acids is 1. The highest BCUT2D eigenvalue weighted by atomic mass is 19.1. The van der Waals surface area contributed by atoms with Crippen LogP contribution in [0.1, 0.15) is 38.4 Å². The minimum Gasteiger partial charge on any atom is -0.399 e. The number of carbonyl (C=O) groups is 1. The number of nitrogen functional groups attached to an aromatic ring is 1. The second-order valence-corrected chi connectivity index (χ2v) is 6.44. The van der Waals surface area contributed by atoms with Crippen molar-refractivity contribution in [1.29, 1.82) is 0 Å². The van der Waals surface area contributed by atoms with Gasteiger partial charge in [0.25, 0.3) is 0 Å². The average molecular weight is 336 g/mol. The van der Waals surface area contributed by atoms with Crippen LogP contribution in [0.15, 0.2) is 48.5 Å². The molecule has 25 heavy (non-hydrogen) atoms. The number of halogens is 1. The first-order valence-electron chi connectivity index (χ1n) is 8.17. The van der Waals surface area contributed by atoms with Crippen LogP contribution in [-0.4, -0.2) is 10.4 Å². The second-order valence-electron chi connectivity index (χ2n) is 6.44. The van der Waals surface area contributed by atoms with E-state index in [0.29, 0.717) is 28.9 Å². The Morgan fingerprint density at radius 1 is 1.08 bits per heavy atom. The highest BCUT2D eigenvalue weighted by Gasteiger charge is 2.17. The molecule has 0 fully saturated rings. The summed E-state index contributed by atoms with van der Waals surface area (Å²) in [6, 6.07) is 14.2. The van der Waals surface area contributed by atoms with Gasteiger partial charge in [-0.2, -0.15) is 0 Å². The molecule has 2 N–H and O–H groups in total. The predicted molar refractivity (Wildman–Crippen MR) is 98.4 cm³/mol. The van der Waals surface area contributed by atoms with Gasteiger partial charge in [0.15, 0.2) is 0 Å². The van der Waals surface area contributed by atoms with Gasteiger partial charge < -0.3 is 10.3 Å². The molecule has 1 aromatic heterocycles. The highest BCUT2D eigenvalue weighted by Crippen LogP contribution is 2.21. The maximum absolute atomic E-state index is 14.0. The van der Waals surface area contributed by atoms with Gasteiger partial charge in [0.05, 0.1) is 5.69 Å². The Balaban J connectivity index is 1.91. The monoisotopic (exact) mass is 336 g/mol. The van der Waals surface area contributed by atoms with E-state index in [4.69, 9.17) is 5.73 Å². The molecule has 128 valence electrons. The van der Waals surface area contributed by atoms with Gasteiger partial charge in [-0.25, -0.2) is 4.39 Å². The molecule has 3 aromatic rings. The van der Waals surface area contributed by atoms with E-state index >= 15 is 0 Å². The number of ketones is 1. The first kappa shape index (κ1) is 17.0. The summed E-state index contributed by atoms with van der Waals surface area (Å²) in [6.45, 7) is 3.94. The summed E-state index contributed by atoms with van der Waals surface area (Å²) in [5.41, 5.74) is 10.8. The smallest absolute Gasteiger partial charge is 0.209 e. The van der Waals surface area contributed by atoms with Crippen molar-refractivity contribution in [3.8, 4) is 0 Å². The Bertz CT molecular complexity index is 957. The number of benzene rings is 2. The Labute approximate surface area is 146 Å². The molecule has 0 unspecified atom stereocenters. The number of rotatable bonds is 4. The molecule has 0 bridgehead atoms. The minimum absolute atomic E-state index is 0.0240. The third kappa shape index (κ3) is 3.33. The van der Waals surface area contributed by atoms with Gasteiger partial charge in [-0.05, 0) is 49.2 Å². The van der Waals surface area contributed by atoms with E-state index < -0.39 is 0 Å². The van der Waals surface area contributed by atoms with E-state index in [1.807, 2.05) is 49.7 Å². The standard InChI is InChI=1S/C21H21FN2O/c1-13-4-8-18(14(2)10-13)21(25)20-9-7-17(24(20)3)11-15-5-6-16(23)12-19(15)22/h4-10,12H,11,23H2,1-3H3. The lowest BCUT2D eigenvalue weighted by molar-refractivity contribution is 0.103. The Hall–Kier alpha value is -2.88. The first-order chi connectivity index (χ1) is 11.9. The van der Waals surface area contributed by atoms with E-state index in [-0.39, 0.29) is 11.6 Å². The van der Waals surface area contributed by atoms with E-state index in [2.05, 4.69) is 0 Å². The van der Waals surface area contributed by atoms with Gasteiger partial charge in [-0.15, -0.1) is 0 Å². The SMILES string of the molecule is Cc1ccc(C(=O)c2ccc(Cc3ccc(N)cc3F)n2C)c(C)c1. The van der Waals surface area contributed by atoms with Gasteiger partial charge in [0.2, 0.25) is 5.78 Å². The maximum atomic E-state index is 14.0. The molecule has 0 aliphatic rings. The Kier molecular flexibility index (Phi) is 4.45. The molecule has 0 atom stereocenters. The molecule has 1 heterocycles. The molecule has 3 rings (SSSR count). The summed E-state index contributed by atoms with van der Waals surface area (Å²) in [6.07, 6.45) is 0.406. The van der Waals surface area contributed by atoms with Crippen LogP contribution in [0.25, 0.3) is 0 Å².